The van der Waals surface area contributed by atoms with Crippen LogP contribution in [-0.2, 0) is 6.54 Å². The van der Waals surface area contributed by atoms with E-state index in [0.717, 1.165) is 37.3 Å². The fourth-order valence-corrected chi connectivity index (χ4v) is 2.17. The molecule has 1 heterocycles. The van der Waals surface area contributed by atoms with E-state index in [0.29, 0.717) is 0 Å². The molecule has 4 heteroatoms. The van der Waals surface area contributed by atoms with Crippen molar-refractivity contribution in [1.82, 2.24) is 15.3 Å². The summed E-state index contributed by atoms with van der Waals surface area (Å²) in [5.74, 6) is 2.80. The van der Waals surface area contributed by atoms with E-state index in [9.17, 15) is 0 Å². The molecule has 2 unspecified atom stereocenters. The quantitative estimate of drug-likeness (QED) is 0.813. The topological polar surface area (TPSA) is 41.1 Å². The lowest BCUT2D eigenvalue weighted by Crippen LogP contribution is -2.24. The summed E-state index contributed by atoms with van der Waals surface area (Å²) in [6, 6.07) is 0. The van der Waals surface area contributed by atoms with Crippen LogP contribution < -0.4 is 10.2 Å². The molecule has 0 radical (unpaired) electrons. The van der Waals surface area contributed by atoms with E-state index in [-0.39, 0.29) is 0 Å². The van der Waals surface area contributed by atoms with Gasteiger partial charge in [-0.05, 0) is 24.8 Å². The van der Waals surface area contributed by atoms with E-state index >= 15 is 0 Å². The van der Waals surface area contributed by atoms with Crippen LogP contribution in [0.25, 0.3) is 0 Å². The lowest BCUT2D eigenvalue weighted by molar-refractivity contribution is 0.694. The lowest BCUT2D eigenvalue weighted by Gasteiger charge is -2.20. The first-order valence-corrected chi connectivity index (χ1v) is 6.43. The average Bonchev–Trinajstić information content (AvgIpc) is 3.02. The maximum absolute atomic E-state index is 4.41. The Labute approximate surface area is 103 Å². The Morgan fingerprint density at radius 3 is 2.94 bits per heavy atom. The normalized spacial score (nSPS) is 22.5. The first-order valence-electron chi connectivity index (χ1n) is 6.43. The van der Waals surface area contributed by atoms with Crippen LogP contribution in [0.5, 0.6) is 0 Å². The largest absolute Gasteiger partial charge is 0.359 e. The van der Waals surface area contributed by atoms with Gasteiger partial charge in [0.2, 0.25) is 0 Å². The van der Waals surface area contributed by atoms with E-state index in [1.165, 1.54) is 12.0 Å². The molecule has 94 valence electrons. The average molecular weight is 234 g/mol. The molecule has 1 fully saturated rings. The number of hydrogen-bond acceptors (Lipinski definition) is 4. The third kappa shape index (κ3) is 3.16. The SMILES string of the molecule is CCNCc1cncnc1N(C)CC1CC1C. The molecule has 0 aliphatic heterocycles. The summed E-state index contributed by atoms with van der Waals surface area (Å²) in [5.41, 5.74) is 1.19. The van der Waals surface area contributed by atoms with Crippen LogP contribution in [-0.4, -0.2) is 30.1 Å². The van der Waals surface area contributed by atoms with Crippen LogP contribution in [0, 0.1) is 11.8 Å². The summed E-state index contributed by atoms with van der Waals surface area (Å²) in [7, 11) is 2.13. The van der Waals surface area contributed by atoms with Gasteiger partial charge in [-0.3, -0.25) is 0 Å². The van der Waals surface area contributed by atoms with Gasteiger partial charge in [0.1, 0.15) is 12.1 Å². The van der Waals surface area contributed by atoms with Crippen molar-refractivity contribution < 1.29 is 0 Å². The van der Waals surface area contributed by atoms with Gasteiger partial charge in [0.05, 0.1) is 0 Å². The fourth-order valence-electron chi connectivity index (χ4n) is 2.17. The van der Waals surface area contributed by atoms with E-state index in [2.05, 4.69) is 41.1 Å². The lowest BCUT2D eigenvalue weighted by atomic mass is 10.2. The van der Waals surface area contributed by atoms with Gasteiger partial charge in [-0.15, -0.1) is 0 Å². The summed E-state index contributed by atoms with van der Waals surface area (Å²) in [6.45, 7) is 7.35. The fraction of sp³-hybridized carbons (Fsp3) is 0.692. The molecule has 1 aromatic rings. The first kappa shape index (κ1) is 12.3. The number of aromatic nitrogens is 2. The number of nitrogens with one attached hydrogen (secondary N) is 1. The second-order valence-electron chi connectivity index (χ2n) is 5.01. The van der Waals surface area contributed by atoms with Crippen molar-refractivity contribution in [1.29, 1.82) is 0 Å². The van der Waals surface area contributed by atoms with Crippen LogP contribution in [0.3, 0.4) is 0 Å². The molecule has 1 saturated carbocycles. The zero-order valence-electron chi connectivity index (χ0n) is 11.0. The molecule has 0 amide bonds. The van der Waals surface area contributed by atoms with Crippen LogP contribution in [0.4, 0.5) is 5.82 Å². The van der Waals surface area contributed by atoms with Gasteiger partial charge < -0.3 is 10.2 Å². The predicted octanol–water partition coefficient (Wildman–Crippen LogP) is 1.68. The third-order valence-corrected chi connectivity index (χ3v) is 3.48. The molecular weight excluding hydrogens is 212 g/mol. The minimum absolute atomic E-state index is 0.844. The minimum Gasteiger partial charge on any atom is -0.359 e. The first-order chi connectivity index (χ1) is 8.22. The van der Waals surface area contributed by atoms with Crippen molar-refractivity contribution in [2.45, 2.75) is 26.8 Å². The summed E-state index contributed by atoms with van der Waals surface area (Å²) in [6.07, 6.45) is 4.91. The van der Waals surface area contributed by atoms with Gasteiger partial charge in [-0.1, -0.05) is 13.8 Å². The molecule has 1 N–H and O–H groups in total. The second kappa shape index (κ2) is 5.45. The van der Waals surface area contributed by atoms with E-state index in [4.69, 9.17) is 0 Å². The summed E-state index contributed by atoms with van der Waals surface area (Å²) < 4.78 is 0. The van der Waals surface area contributed by atoms with E-state index < -0.39 is 0 Å². The van der Waals surface area contributed by atoms with Gasteiger partial charge in [-0.2, -0.15) is 0 Å². The van der Waals surface area contributed by atoms with Gasteiger partial charge in [-0.25, -0.2) is 9.97 Å². The summed E-state index contributed by atoms with van der Waals surface area (Å²) in [4.78, 5) is 10.8. The summed E-state index contributed by atoms with van der Waals surface area (Å²) >= 11 is 0. The molecule has 1 aromatic heterocycles. The van der Waals surface area contributed by atoms with Crippen molar-refractivity contribution in [3.8, 4) is 0 Å². The molecule has 17 heavy (non-hydrogen) atoms. The maximum atomic E-state index is 4.41. The van der Waals surface area contributed by atoms with Crippen molar-refractivity contribution in [2.24, 2.45) is 11.8 Å². The van der Waals surface area contributed by atoms with Crippen molar-refractivity contribution in [2.75, 3.05) is 25.0 Å². The zero-order valence-corrected chi connectivity index (χ0v) is 11.0. The molecule has 1 aliphatic carbocycles. The Kier molecular flexibility index (Phi) is 3.94. The Bertz CT molecular complexity index is 366. The van der Waals surface area contributed by atoms with Crippen LogP contribution >= 0.6 is 0 Å². The van der Waals surface area contributed by atoms with Gasteiger partial charge in [0, 0.05) is 31.9 Å². The third-order valence-electron chi connectivity index (χ3n) is 3.48. The number of anilines is 1. The standard InChI is InChI=1S/C13H22N4/c1-4-14-6-12-7-15-9-16-13(12)17(3)8-11-5-10(11)2/h7,9-11,14H,4-6,8H2,1-3H3. The highest BCUT2D eigenvalue weighted by Gasteiger charge is 2.33. The smallest absolute Gasteiger partial charge is 0.136 e. The van der Waals surface area contributed by atoms with Crippen molar-refractivity contribution >= 4 is 5.82 Å². The van der Waals surface area contributed by atoms with Gasteiger partial charge >= 0.3 is 0 Å². The van der Waals surface area contributed by atoms with Crippen LogP contribution in [0.1, 0.15) is 25.8 Å². The number of nitrogens with zero attached hydrogens (tertiary/aromatic N) is 3. The Balaban J connectivity index is 2.02. The van der Waals surface area contributed by atoms with Crippen LogP contribution in [0.15, 0.2) is 12.5 Å². The molecule has 2 rings (SSSR count). The molecule has 4 nitrogen and oxygen atoms in total. The highest BCUT2D eigenvalue weighted by Crippen LogP contribution is 2.38. The molecular formula is C13H22N4. The minimum atomic E-state index is 0.844. The highest BCUT2D eigenvalue weighted by atomic mass is 15.2. The van der Waals surface area contributed by atoms with Crippen LogP contribution in [0.2, 0.25) is 0 Å². The molecule has 0 saturated heterocycles. The summed E-state index contributed by atoms with van der Waals surface area (Å²) in [5, 5.41) is 3.33. The highest BCUT2D eigenvalue weighted by molar-refractivity contribution is 5.44. The predicted molar refractivity (Wildman–Crippen MR) is 70.0 cm³/mol. The Morgan fingerprint density at radius 1 is 1.53 bits per heavy atom. The Hall–Kier alpha value is -1.16. The zero-order chi connectivity index (χ0) is 12.3. The molecule has 0 bridgehead atoms. The monoisotopic (exact) mass is 234 g/mol. The van der Waals surface area contributed by atoms with E-state index in [1.54, 1.807) is 6.33 Å². The Morgan fingerprint density at radius 2 is 2.29 bits per heavy atom. The molecule has 0 spiro atoms. The van der Waals surface area contributed by atoms with Crippen molar-refractivity contribution in [3.05, 3.63) is 18.1 Å². The maximum Gasteiger partial charge on any atom is 0.136 e. The second-order valence-corrected chi connectivity index (χ2v) is 5.01. The number of hydrogen-bond donors (Lipinski definition) is 1. The van der Waals surface area contributed by atoms with Gasteiger partial charge in [0.25, 0.3) is 0 Å². The van der Waals surface area contributed by atoms with Gasteiger partial charge in [0.15, 0.2) is 0 Å². The number of rotatable bonds is 6. The van der Waals surface area contributed by atoms with Crippen molar-refractivity contribution in [3.63, 3.8) is 0 Å². The molecule has 2 atom stereocenters. The molecule has 1 aliphatic rings. The molecule has 0 aromatic carbocycles. The van der Waals surface area contributed by atoms with E-state index in [1.807, 2.05) is 6.20 Å².